The Kier molecular flexibility index (Phi) is 4.37. The Labute approximate surface area is 136 Å². The third kappa shape index (κ3) is 3.49. The molecule has 0 spiro atoms. The number of carbonyl (C=O) groups is 1. The van der Waals surface area contributed by atoms with Gasteiger partial charge in [0.2, 0.25) is 5.56 Å². The molecule has 0 saturated carbocycles. The number of aromatic nitrogens is 4. The molecule has 0 fully saturated rings. The predicted octanol–water partition coefficient (Wildman–Crippen LogP) is 1.10. The van der Waals surface area contributed by atoms with Crippen molar-refractivity contribution in [2.75, 3.05) is 7.11 Å². The third-order valence-corrected chi connectivity index (χ3v) is 3.34. The van der Waals surface area contributed by atoms with Crippen LogP contribution in [-0.4, -0.2) is 33.2 Å². The average Bonchev–Trinajstić information content (AvgIpc) is 3.09. The summed E-state index contributed by atoms with van der Waals surface area (Å²) in [5, 5.41) is 9.62. The molecule has 3 N–H and O–H groups in total. The number of benzene rings is 1. The van der Waals surface area contributed by atoms with Gasteiger partial charge >= 0.3 is 0 Å². The van der Waals surface area contributed by atoms with Gasteiger partial charge in [0.05, 0.1) is 19.2 Å². The van der Waals surface area contributed by atoms with Gasteiger partial charge in [-0.2, -0.15) is 5.10 Å². The number of hydrogen-bond acceptors (Lipinski definition) is 5. The Morgan fingerprint density at radius 2 is 2.00 bits per heavy atom. The molecule has 3 aromatic rings. The molecule has 8 nitrogen and oxygen atoms in total. The number of rotatable bonds is 5. The van der Waals surface area contributed by atoms with Gasteiger partial charge in [0.25, 0.3) is 5.91 Å². The summed E-state index contributed by atoms with van der Waals surface area (Å²) in [5.41, 5.74) is 0.945. The smallest absolute Gasteiger partial charge is 0.253 e. The van der Waals surface area contributed by atoms with Crippen molar-refractivity contribution < 1.29 is 9.53 Å². The monoisotopic (exact) mass is 325 g/mol. The van der Waals surface area contributed by atoms with E-state index < -0.39 is 0 Å². The highest BCUT2D eigenvalue weighted by Crippen LogP contribution is 2.18. The number of H-pyrrole nitrogens is 2. The number of hydrogen-bond donors (Lipinski definition) is 3. The van der Waals surface area contributed by atoms with E-state index in [2.05, 4.69) is 25.5 Å². The number of amides is 1. The summed E-state index contributed by atoms with van der Waals surface area (Å²) in [6, 6.07) is 10.1. The molecule has 2 heterocycles. The van der Waals surface area contributed by atoms with E-state index in [9.17, 15) is 9.59 Å². The van der Waals surface area contributed by atoms with Gasteiger partial charge in [0.1, 0.15) is 11.6 Å². The molecule has 0 saturated heterocycles. The quantitative estimate of drug-likeness (QED) is 0.650. The second-order valence-electron chi connectivity index (χ2n) is 4.96. The number of nitrogens with zero attached hydrogens (tertiary/aromatic N) is 2. The van der Waals surface area contributed by atoms with Gasteiger partial charge in [0, 0.05) is 17.8 Å². The third-order valence-electron chi connectivity index (χ3n) is 3.34. The summed E-state index contributed by atoms with van der Waals surface area (Å²) in [7, 11) is 1.60. The minimum absolute atomic E-state index is 0.196. The maximum absolute atomic E-state index is 12.0. The van der Waals surface area contributed by atoms with Crippen LogP contribution in [0.15, 0.2) is 47.4 Å². The summed E-state index contributed by atoms with van der Waals surface area (Å²) in [5.74, 6) is 1.50. The minimum Gasteiger partial charge on any atom is -0.497 e. The molecular weight excluding hydrogens is 310 g/mol. The highest BCUT2D eigenvalue weighted by Gasteiger charge is 2.09. The molecule has 8 heteroatoms. The van der Waals surface area contributed by atoms with Gasteiger partial charge in [-0.25, -0.2) is 4.98 Å². The summed E-state index contributed by atoms with van der Waals surface area (Å²) < 4.78 is 5.11. The molecule has 1 aromatic carbocycles. The molecule has 0 aliphatic rings. The molecule has 24 heavy (non-hydrogen) atoms. The van der Waals surface area contributed by atoms with Gasteiger partial charge in [-0.15, -0.1) is 0 Å². The van der Waals surface area contributed by atoms with E-state index in [0.717, 1.165) is 11.3 Å². The first-order valence-electron chi connectivity index (χ1n) is 7.18. The summed E-state index contributed by atoms with van der Waals surface area (Å²) in [6.45, 7) is 0.196. The van der Waals surface area contributed by atoms with Crippen molar-refractivity contribution in [2.24, 2.45) is 0 Å². The molecule has 1 amide bonds. The summed E-state index contributed by atoms with van der Waals surface area (Å²) >= 11 is 0. The lowest BCUT2D eigenvalue weighted by Crippen LogP contribution is -2.24. The van der Waals surface area contributed by atoms with Crippen LogP contribution in [0.3, 0.4) is 0 Å². The normalized spacial score (nSPS) is 10.4. The molecule has 0 atom stereocenters. The zero-order chi connectivity index (χ0) is 16.9. The van der Waals surface area contributed by atoms with E-state index in [1.165, 1.54) is 18.3 Å². The van der Waals surface area contributed by atoms with Crippen LogP contribution in [0.4, 0.5) is 0 Å². The first kappa shape index (κ1) is 15.5. The lowest BCUT2D eigenvalue weighted by atomic mass is 10.2. The molecule has 2 aromatic heterocycles. The fourth-order valence-corrected chi connectivity index (χ4v) is 2.06. The first-order chi connectivity index (χ1) is 11.7. The first-order valence-corrected chi connectivity index (χ1v) is 7.18. The van der Waals surface area contributed by atoms with Gasteiger partial charge in [0.15, 0.2) is 5.82 Å². The fraction of sp³-hybridized carbons (Fsp3) is 0.125. The second-order valence-corrected chi connectivity index (χ2v) is 4.96. The Balaban J connectivity index is 1.64. The van der Waals surface area contributed by atoms with E-state index in [4.69, 9.17) is 4.74 Å². The molecule has 0 aliphatic heterocycles. The fourth-order valence-electron chi connectivity index (χ4n) is 2.06. The molecular formula is C16H15N5O3. The van der Waals surface area contributed by atoms with Crippen LogP contribution >= 0.6 is 0 Å². The molecule has 0 radical (unpaired) electrons. The van der Waals surface area contributed by atoms with Gasteiger partial charge in [-0.3, -0.25) is 14.7 Å². The van der Waals surface area contributed by atoms with Crippen LogP contribution in [0.25, 0.3) is 11.4 Å². The van der Waals surface area contributed by atoms with Gasteiger partial charge < -0.3 is 15.0 Å². The predicted molar refractivity (Wildman–Crippen MR) is 86.6 cm³/mol. The number of methoxy groups -OCH3 is 1. The van der Waals surface area contributed by atoms with Gasteiger partial charge in [-0.1, -0.05) is 0 Å². The van der Waals surface area contributed by atoms with Crippen molar-refractivity contribution in [3.05, 3.63) is 64.3 Å². The van der Waals surface area contributed by atoms with Crippen LogP contribution in [0.2, 0.25) is 0 Å². The van der Waals surface area contributed by atoms with Crippen molar-refractivity contribution in [2.45, 2.75) is 6.54 Å². The molecule has 122 valence electrons. The van der Waals surface area contributed by atoms with Crippen LogP contribution < -0.4 is 15.6 Å². The largest absolute Gasteiger partial charge is 0.497 e. The summed E-state index contributed by atoms with van der Waals surface area (Å²) in [6.07, 6.45) is 1.36. The van der Waals surface area contributed by atoms with Crippen LogP contribution in [-0.2, 0) is 6.54 Å². The lowest BCUT2D eigenvalue weighted by Gasteiger charge is -2.02. The molecule has 0 bridgehead atoms. The SMILES string of the molecule is COc1ccc(-c2n[nH]c(CNC(=O)c3ccc(=O)[nH]c3)n2)cc1. The minimum atomic E-state index is -0.311. The van der Waals surface area contributed by atoms with Gasteiger partial charge in [-0.05, 0) is 30.3 Å². The Hall–Kier alpha value is -3.42. The van der Waals surface area contributed by atoms with Crippen LogP contribution in [0.1, 0.15) is 16.2 Å². The zero-order valence-electron chi connectivity index (χ0n) is 12.9. The van der Waals surface area contributed by atoms with Crippen molar-refractivity contribution in [1.29, 1.82) is 0 Å². The highest BCUT2D eigenvalue weighted by molar-refractivity contribution is 5.93. The van der Waals surface area contributed by atoms with E-state index in [-0.39, 0.29) is 18.0 Å². The van der Waals surface area contributed by atoms with Crippen molar-refractivity contribution in [1.82, 2.24) is 25.5 Å². The lowest BCUT2D eigenvalue weighted by molar-refractivity contribution is 0.0949. The number of aromatic amines is 2. The van der Waals surface area contributed by atoms with E-state index in [0.29, 0.717) is 17.2 Å². The Morgan fingerprint density at radius 3 is 2.67 bits per heavy atom. The maximum atomic E-state index is 12.0. The van der Waals surface area contributed by atoms with Crippen LogP contribution in [0.5, 0.6) is 5.75 Å². The Morgan fingerprint density at radius 1 is 1.21 bits per heavy atom. The number of nitrogens with one attached hydrogen (secondary N) is 3. The van der Waals surface area contributed by atoms with E-state index in [1.54, 1.807) is 7.11 Å². The molecule has 0 aliphatic carbocycles. The highest BCUT2D eigenvalue weighted by atomic mass is 16.5. The molecule has 3 rings (SSSR count). The van der Waals surface area contributed by atoms with E-state index >= 15 is 0 Å². The van der Waals surface area contributed by atoms with E-state index in [1.807, 2.05) is 24.3 Å². The number of carbonyl (C=O) groups excluding carboxylic acids is 1. The number of pyridine rings is 1. The molecule has 0 unspecified atom stereocenters. The maximum Gasteiger partial charge on any atom is 0.253 e. The summed E-state index contributed by atoms with van der Waals surface area (Å²) in [4.78, 5) is 29.7. The standard InChI is InChI=1S/C16H15N5O3/c1-24-12-5-2-10(3-6-12)15-19-13(20-21-15)9-18-16(23)11-4-7-14(22)17-8-11/h2-8H,9H2,1H3,(H,17,22)(H,18,23)(H,19,20,21). The van der Waals surface area contributed by atoms with Crippen LogP contribution in [0, 0.1) is 0 Å². The number of ether oxygens (including phenoxy) is 1. The van der Waals surface area contributed by atoms with Crippen molar-refractivity contribution in [3.8, 4) is 17.1 Å². The topological polar surface area (TPSA) is 113 Å². The second kappa shape index (κ2) is 6.78. The van der Waals surface area contributed by atoms with Crippen molar-refractivity contribution >= 4 is 5.91 Å². The average molecular weight is 325 g/mol. The zero-order valence-corrected chi connectivity index (χ0v) is 12.9. The van der Waals surface area contributed by atoms with Crippen molar-refractivity contribution in [3.63, 3.8) is 0 Å². The Bertz CT molecular complexity index is 878.